The van der Waals surface area contributed by atoms with Crippen LogP contribution in [0.25, 0.3) is 0 Å². The summed E-state index contributed by atoms with van der Waals surface area (Å²) in [6.45, 7) is 8.03. The number of carbonyl (C=O) groups is 2. The number of aryl methyl sites for hydroxylation is 1. The predicted molar refractivity (Wildman–Crippen MR) is 102 cm³/mol. The summed E-state index contributed by atoms with van der Waals surface area (Å²) >= 11 is 0. The smallest absolute Gasteiger partial charge is 0.260 e. The van der Waals surface area contributed by atoms with Gasteiger partial charge in [-0.15, -0.1) is 0 Å². The molecule has 1 spiro atoms. The van der Waals surface area contributed by atoms with Crippen LogP contribution in [0.15, 0.2) is 30.9 Å². The highest BCUT2D eigenvalue weighted by atomic mass is 19.1. The van der Waals surface area contributed by atoms with Gasteiger partial charge in [0.1, 0.15) is 0 Å². The second-order valence-corrected chi connectivity index (χ2v) is 7.62. The molecule has 1 N–H and O–H groups in total. The van der Waals surface area contributed by atoms with Gasteiger partial charge in [-0.1, -0.05) is 12.6 Å². The topological polar surface area (TPSA) is 67.9 Å². The van der Waals surface area contributed by atoms with Crippen molar-refractivity contribution in [3.63, 3.8) is 0 Å². The van der Waals surface area contributed by atoms with E-state index in [2.05, 4.69) is 11.9 Å². The van der Waals surface area contributed by atoms with Crippen molar-refractivity contribution in [2.45, 2.75) is 19.8 Å². The lowest BCUT2D eigenvalue weighted by atomic mass is 9.72. The number of hydrogen-bond acceptors (Lipinski definition) is 4. The molecule has 2 heterocycles. The third kappa shape index (κ3) is 4.52. The summed E-state index contributed by atoms with van der Waals surface area (Å²) in [6, 6.07) is 4.57. The molecule has 6 nitrogen and oxygen atoms in total. The number of nitrogens with one attached hydrogen (secondary N) is 1. The van der Waals surface area contributed by atoms with Gasteiger partial charge >= 0.3 is 0 Å². The van der Waals surface area contributed by atoms with E-state index in [0.29, 0.717) is 32.8 Å². The molecule has 0 bridgehead atoms. The summed E-state index contributed by atoms with van der Waals surface area (Å²) in [5, 5.41) is 2.86. The summed E-state index contributed by atoms with van der Waals surface area (Å²) in [5.74, 6) is -0.650. The van der Waals surface area contributed by atoms with Gasteiger partial charge < -0.3 is 19.7 Å². The van der Waals surface area contributed by atoms with E-state index in [0.717, 1.165) is 18.4 Å². The zero-order valence-corrected chi connectivity index (χ0v) is 16.2. The second kappa shape index (κ2) is 8.73. The third-order valence-corrected chi connectivity index (χ3v) is 5.80. The van der Waals surface area contributed by atoms with Gasteiger partial charge in [0.25, 0.3) is 5.91 Å². The van der Waals surface area contributed by atoms with Crippen molar-refractivity contribution in [1.29, 1.82) is 0 Å². The molecule has 1 aromatic rings. The van der Waals surface area contributed by atoms with E-state index in [1.807, 2.05) is 6.92 Å². The van der Waals surface area contributed by atoms with Crippen LogP contribution in [0, 0.1) is 24.1 Å². The number of amides is 2. The van der Waals surface area contributed by atoms with Gasteiger partial charge in [-0.3, -0.25) is 9.59 Å². The van der Waals surface area contributed by atoms with Crippen molar-refractivity contribution in [1.82, 2.24) is 10.2 Å². The Hall–Kier alpha value is -2.41. The molecular formula is C21H27FN2O4. The van der Waals surface area contributed by atoms with Crippen molar-refractivity contribution >= 4 is 11.8 Å². The maximum absolute atomic E-state index is 13.8. The number of rotatable bonds is 6. The van der Waals surface area contributed by atoms with Gasteiger partial charge in [0.2, 0.25) is 5.91 Å². The van der Waals surface area contributed by atoms with Crippen LogP contribution in [-0.2, 0) is 14.3 Å². The van der Waals surface area contributed by atoms with Crippen molar-refractivity contribution in [3.8, 4) is 5.75 Å². The van der Waals surface area contributed by atoms with Gasteiger partial charge in [0.05, 0.1) is 0 Å². The molecule has 7 heteroatoms. The van der Waals surface area contributed by atoms with Crippen LogP contribution in [0.1, 0.15) is 18.4 Å². The molecular weight excluding hydrogens is 363 g/mol. The van der Waals surface area contributed by atoms with E-state index < -0.39 is 5.82 Å². The fourth-order valence-corrected chi connectivity index (χ4v) is 4.10. The van der Waals surface area contributed by atoms with Crippen molar-refractivity contribution in [2.24, 2.45) is 11.3 Å². The van der Waals surface area contributed by atoms with E-state index in [4.69, 9.17) is 9.47 Å². The Bertz CT molecular complexity index is 746. The number of likely N-dealkylation sites (tertiary alicyclic amines) is 1. The molecule has 2 amide bonds. The third-order valence-electron chi connectivity index (χ3n) is 5.80. The van der Waals surface area contributed by atoms with Gasteiger partial charge in [0, 0.05) is 38.8 Å². The molecule has 152 valence electrons. The molecule has 0 aromatic heterocycles. The molecule has 2 fully saturated rings. The molecule has 1 aromatic carbocycles. The number of halogens is 1. The molecule has 2 aliphatic rings. The summed E-state index contributed by atoms with van der Waals surface area (Å²) in [4.78, 5) is 26.1. The normalized spacial score (nSPS) is 20.8. The first-order valence-electron chi connectivity index (χ1n) is 9.58. The Morgan fingerprint density at radius 2 is 2.18 bits per heavy atom. The van der Waals surface area contributed by atoms with Crippen LogP contribution < -0.4 is 10.1 Å². The van der Waals surface area contributed by atoms with Crippen LogP contribution in [0.2, 0.25) is 0 Å². The lowest BCUT2D eigenvalue weighted by molar-refractivity contribution is -0.133. The van der Waals surface area contributed by atoms with E-state index in [9.17, 15) is 14.0 Å². The summed E-state index contributed by atoms with van der Waals surface area (Å²) in [6.07, 6.45) is 2.94. The molecule has 0 saturated carbocycles. The van der Waals surface area contributed by atoms with E-state index >= 15 is 0 Å². The van der Waals surface area contributed by atoms with Crippen LogP contribution in [0.4, 0.5) is 4.39 Å². The number of hydrogen-bond donors (Lipinski definition) is 1. The fourth-order valence-electron chi connectivity index (χ4n) is 4.10. The minimum absolute atomic E-state index is 0.0725. The minimum atomic E-state index is -0.481. The van der Waals surface area contributed by atoms with Crippen molar-refractivity contribution in [3.05, 3.63) is 42.2 Å². The van der Waals surface area contributed by atoms with Crippen LogP contribution in [0.5, 0.6) is 5.75 Å². The van der Waals surface area contributed by atoms with Gasteiger partial charge in [-0.2, -0.15) is 0 Å². The highest BCUT2D eigenvalue weighted by Crippen LogP contribution is 2.44. The van der Waals surface area contributed by atoms with E-state index in [-0.39, 0.29) is 35.5 Å². The Kier molecular flexibility index (Phi) is 6.34. The lowest BCUT2D eigenvalue weighted by Gasteiger charge is -2.37. The van der Waals surface area contributed by atoms with E-state index in [1.54, 1.807) is 17.0 Å². The number of ether oxygens (including phenoxy) is 2. The summed E-state index contributed by atoms with van der Waals surface area (Å²) in [7, 11) is 0. The van der Waals surface area contributed by atoms with Crippen molar-refractivity contribution in [2.75, 3.05) is 39.5 Å². The molecule has 3 rings (SSSR count). The molecule has 1 atom stereocenters. The lowest BCUT2D eigenvalue weighted by Crippen LogP contribution is -2.42. The highest BCUT2D eigenvalue weighted by Gasteiger charge is 2.48. The summed E-state index contributed by atoms with van der Waals surface area (Å²) in [5.41, 5.74) is 0.793. The Labute approximate surface area is 164 Å². The molecule has 28 heavy (non-hydrogen) atoms. The molecule has 2 saturated heterocycles. The molecule has 2 aliphatic heterocycles. The summed E-state index contributed by atoms with van der Waals surface area (Å²) < 4.78 is 24.8. The molecule has 1 unspecified atom stereocenters. The average molecular weight is 390 g/mol. The van der Waals surface area contributed by atoms with Crippen LogP contribution >= 0.6 is 0 Å². The monoisotopic (exact) mass is 390 g/mol. The number of nitrogens with zero attached hydrogens (tertiary/aromatic N) is 1. The van der Waals surface area contributed by atoms with Crippen LogP contribution in [-0.4, -0.2) is 56.2 Å². The minimum Gasteiger partial charge on any atom is -0.481 e. The average Bonchev–Trinajstić information content (AvgIpc) is 3.04. The Morgan fingerprint density at radius 3 is 2.89 bits per heavy atom. The molecule has 0 radical (unpaired) electrons. The maximum atomic E-state index is 13.8. The predicted octanol–water partition coefficient (Wildman–Crippen LogP) is 2.07. The van der Waals surface area contributed by atoms with Gasteiger partial charge in [0.15, 0.2) is 18.2 Å². The van der Waals surface area contributed by atoms with Gasteiger partial charge in [-0.25, -0.2) is 4.39 Å². The maximum Gasteiger partial charge on any atom is 0.260 e. The van der Waals surface area contributed by atoms with Crippen LogP contribution in [0.3, 0.4) is 0 Å². The first-order valence-corrected chi connectivity index (χ1v) is 9.58. The SMILES string of the molecule is C=CC(=O)NCC1CN(C(=O)COc2cc(C)ccc2F)CC12CCOCC2. The Morgan fingerprint density at radius 1 is 1.43 bits per heavy atom. The highest BCUT2D eigenvalue weighted by molar-refractivity contribution is 5.86. The first-order chi connectivity index (χ1) is 13.4. The standard InChI is InChI=1S/C21H27FN2O4/c1-3-19(25)23-11-16-12-24(14-21(16)6-8-27-9-7-21)20(26)13-28-18-10-15(2)4-5-17(18)22/h3-5,10,16H,1,6-9,11-14H2,2H3,(H,23,25). The van der Waals surface area contributed by atoms with Crippen molar-refractivity contribution < 1.29 is 23.5 Å². The molecule has 0 aliphatic carbocycles. The zero-order chi connectivity index (χ0) is 20.1. The second-order valence-electron chi connectivity index (χ2n) is 7.62. The largest absolute Gasteiger partial charge is 0.481 e. The number of benzene rings is 1. The van der Waals surface area contributed by atoms with Gasteiger partial charge in [-0.05, 0) is 49.0 Å². The van der Waals surface area contributed by atoms with E-state index in [1.165, 1.54) is 12.1 Å². The Balaban J connectivity index is 1.64. The number of carbonyl (C=O) groups excluding carboxylic acids is 2. The fraction of sp³-hybridized carbons (Fsp3) is 0.524. The first kappa shape index (κ1) is 20.3. The zero-order valence-electron chi connectivity index (χ0n) is 16.2. The quantitative estimate of drug-likeness (QED) is 0.755.